The molecule has 1 aliphatic heterocycles. The second-order valence-electron chi connectivity index (χ2n) is 7.68. The fourth-order valence-electron chi connectivity index (χ4n) is 2.98. The van der Waals surface area contributed by atoms with E-state index in [4.69, 9.17) is 5.11 Å². The normalized spacial score (nSPS) is 26.1. The highest BCUT2D eigenvalue weighted by Gasteiger charge is 2.32. The van der Waals surface area contributed by atoms with Gasteiger partial charge in [-0.05, 0) is 42.6 Å². The molecule has 18 heavy (non-hydrogen) atoms. The average molecular weight is 255 g/mol. The third-order valence-electron chi connectivity index (χ3n) is 4.17. The monoisotopic (exact) mass is 255 g/mol. The molecule has 0 spiro atoms. The lowest BCUT2D eigenvalue weighted by Crippen LogP contribution is -2.45. The highest BCUT2D eigenvalue weighted by atomic mass is 16.4. The van der Waals surface area contributed by atoms with Crippen molar-refractivity contribution < 1.29 is 9.90 Å². The third kappa shape index (κ3) is 4.97. The van der Waals surface area contributed by atoms with Gasteiger partial charge >= 0.3 is 5.97 Å². The molecule has 0 aromatic heterocycles. The highest BCUT2D eigenvalue weighted by Crippen LogP contribution is 2.35. The van der Waals surface area contributed by atoms with Crippen molar-refractivity contribution >= 4 is 5.97 Å². The summed E-state index contributed by atoms with van der Waals surface area (Å²) in [6.45, 7) is 12.1. The Balaban J connectivity index is 2.42. The van der Waals surface area contributed by atoms with Gasteiger partial charge in [-0.15, -0.1) is 0 Å². The SMILES string of the molecule is CC(C)(CC(=O)O)CC1CCC(C(C)(C)C)CN1. The average Bonchev–Trinajstić information content (AvgIpc) is 2.13. The molecule has 1 fully saturated rings. The Labute approximate surface area is 111 Å². The molecule has 0 bridgehead atoms. The van der Waals surface area contributed by atoms with Crippen molar-refractivity contribution in [1.82, 2.24) is 5.32 Å². The summed E-state index contributed by atoms with van der Waals surface area (Å²) in [7, 11) is 0. The summed E-state index contributed by atoms with van der Waals surface area (Å²) in [5.74, 6) is 0.0414. The zero-order chi connectivity index (χ0) is 14.0. The van der Waals surface area contributed by atoms with Crippen molar-refractivity contribution in [2.45, 2.75) is 66.3 Å². The number of piperidine rings is 1. The minimum Gasteiger partial charge on any atom is -0.481 e. The van der Waals surface area contributed by atoms with Gasteiger partial charge < -0.3 is 10.4 Å². The molecule has 2 atom stereocenters. The standard InChI is InChI=1S/C15H29NO2/c1-14(2,3)11-6-7-12(16-10-11)8-15(4,5)9-13(17)18/h11-12,16H,6-10H2,1-5H3,(H,17,18). The molecule has 2 N–H and O–H groups in total. The van der Waals surface area contributed by atoms with Crippen LogP contribution in [0.2, 0.25) is 0 Å². The summed E-state index contributed by atoms with van der Waals surface area (Å²) < 4.78 is 0. The number of aliphatic carboxylic acids is 1. The van der Waals surface area contributed by atoms with Crippen LogP contribution in [-0.2, 0) is 4.79 Å². The number of rotatable bonds is 4. The van der Waals surface area contributed by atoms with Crippen LogP contribution >= 0.6 is 0 Å². The molecular formula is C15H29NO2. The van der Waals surface area contributed by atoms with Gasteiger partial charge in [0.1, 0.15) is 0 Å². The minimum absolute atomic E-state index is 0.113. The van der Waals surface area contributed by atoms with Crippen LogP contribution in [0.1, 0.15) is 60.3 Å². The summed E-state index contributed by atoms with van der Waals surface area (Å²) in [5.41, 5.74) is 0.257. The summed E-state index contributed by atoms with van der Waals surface area (Å²) >= 11 is 0. The molecule has 3 nitrogen and oxygen atoms in total. The Morgan fingerprint density at radius 3 is 2.22 bits per heavy atom. The van der Waals surface area contributed by atoms with Crippen molar-refractivity contribution in [3.05, 3.63) is 0 Å². The van der Waals surface area contributed by atoms with Crippen LogP contribution in [0.15, 0.2) is 0 Å². The van der Waals surface area contributed by atoms with E-state index >= 15 is 0 Å². The lowest BCUT2D eigenvalue weighted by Gasteiger charge is -2.39. The van der Waals surface area contributed by atoms with Gasteiger partial charge in [0.05, 0.1) is 6.42 Å². The van der Waals surface area contributed by atoms with Crippen LogP contribution in [0, 0.1) is 16.7 Å². The van der Waals surface area contributed by atoms with Crippen LogP contribution in [0.5, 0.6) is 0 Å². The Kier molecular flexibility index (Phi) is 4.82. The van der Waals surface area contributed by atoms with Crippen LogP contribution in [0.3, 0.4) is 0 Å². The first-order chi connectivity index (χ1) is 8.10. The van der Waals surface area contributed by atoms with Crippen molar-refractivity contribution in [2.75, 3.05) is 6.54 Å². The van der Waals surface area contributed by atoms with Gasteiger partial charge in [-0.3, -0.25) is 4.79 Å². The smallest absolute Gasteiger partial charge is 0.303 e. The molecule has 0 aliphatic carbocycles. The van der Waals surface area contributed by atoms with E-state index in [1.54, 1.807) is 0 Å². The molecule has 1 rings (SSSR count). The largest absolute Gasteiger partial charge is 0.481 e. The lowest BCUT2D eigenvalue weighted by molar-refractivity contribution is -0.139. The lowest BCUT2D eigenvalue weighted by atomic mass is 9.73. The second kappa shape index (κ2) is 5.60. The van der Waals surface area contributed by atoms with Crippen molar-refractivity contribution in [2.24, 2.45) is 16.7 Å². The van der Waals surface area contributed by atoms with Crippen molar-refractivity contribution in [1.29, 1.82) is 0 Å². The molecule has 1 saturated heterocycles. The second-order valence-corrected chi connectivity index (χ2v) is 7.68. The van der Waals surface area contributed by atoms with Gasteiger partial charge in [-0.1, -0.05) is 34.6 Å². The van der Waals surface area contributed by atoms with Crippen LogP contribution < -0.4 is 5.32 Å². The van der Waals surface area contributed by atoms with Gasteiger partial charge in [0.2, 0.25) is 0 Å². The fourth-order valence-corrected chi connectivity index (χ4v) is 2.98. The predicted molar refractivity (Wildman–Crippen MR) is 74.6 cm³/mol. The Morgan fingerprint density at radius 2 is 1.83 bits per heavy atom. The molecular weight excluding hydrogens is 226 g/mol. The van der Waals surface area contributed by atoms with E-state index in [0.29, 0.717) is 11.5 Å². The topological polar surface area (TPSA) is 49.3 Å². The van der Waals surface area contributed by atoms with E-state index in [1.807, 2.05) is 0 Å². The van der Waals surface area contributed by atoms with Gasteiger partial charge in [-0.2, -0.15) is 0 Å². The molecule has 1 aliphatic rings. The van der Waals surface area contributed by atoms with E-state index < -0.39 is 5.97 Å². The zero-order valence-electron chi connectivity index (χ0n) is 12.5. The van der Waals surface area contributed by atoms with Crippen LogP contribution in [0.4, 0.5) is 0 Å². The number of nitrogens with one attached hydrogen (secondary N) is 1. The van der Waals surface area contributed by atoms with E-state index in [-0.39, 0.29) is 11.8 Å². The van der Waals surface area contributed by atoms with E-state index in [0.717, 1.165) is 18.9 Å². The number of hydrogen-bond acceptors (Lipinski definition) is 2. The maximum Gasteiger partial charge on any atom is 0.303 e. The minimum atomic E-state index is -0.691. The van der Waals surface area contributed by atoms with Crippen molar-refractivity contribution in [3.63, 3.8) is 0 Å². The number of carboxylic acids is 1. The van der Waals surface area contributed by atoms with Crippen LogP contribution in [0.25, 0.3) is 0 Å². The van der Waals surface area contributed by atoms with Gasteiger partial charge in [-0.25, -0.2) is 0 Å². The van der Waals surface area contributed by atoms with E-state index in [9.17, 15) is 4.79 Å². The number of carboxylic acid groups (broad SMARTS) is 1. The fraction of sp³-hybridized carbons (Fsp3) is 0.933. The molecule has 0 aromatic rings. The maximum atomic E-state index is 10.8. The molecule has 3 heteroatoms. The number of carbonyl (C=O) groups is 1. The summed E-state index contributed by atoms with van der Waals surface area (Å²) in [4.78, 5) is 10.8. The highest BCUT2D eigenvalue weighted by molar-refractivity contribution is 5.67. The first-order valence-electron chi connectivity index (χ1n) is 7.05. The Hall–Kier alpha value is -0.570. The Bertz CT molecular complexity index is 283. The van der Waals surface area contributed by atoms with E-state index in [1.165, 1.54) is 12.8 Å². The first kappa shape index (κ1) is 15.5. The molecule has 0 radical (unpaired) electrons. The van der Waals surface area contributed by atoms with Crippen molar-refractivity contribution in [3.8, 4) is 0 Å². The molecule has 2 unspecified atom stereocenters. The molecule has 1 heterocycles. The summed E-state index contributed by atoms with van der Waals surface area (Å²) in [6, 6.07) is 0.484. The maximum absolute atomic E-state index is 10.8. The summed E-state index contributed by atoms with van der Waals surface area (Å²) in [6.07, 6.45) is 3.64. The van der Waals surface area contributed by atoms with E-state index in [2.05, 4.69) is 39.9 Å². The quantitative estimate of drug-likeness (QED) is 0.810. The zero-order valence-corrected chi connectivity index (χ0v) is 12.5. The predicted octanol–water partition coefficient (Wildman–Crippen LogP) is 3.29. The molecule has 106 valence electrons. The molecule has 0 saturated carbocycles. The molecule has 0 aromatic carbocycles. The number of hydrogen-bond donors (Lipinski definition) is 2. The summed E-state index contributed by atoms with van der Waals surface area (Å²) in [5, 5.41) is 12.5. The van der Waals surface area contributed by atoms with Gasteiger partial charge in [0, 0.05) is 6.04 Å². The third-order valence-corrected chi connectivity index (χ3v) is 4.17. The van der Waals surface area contributed by atoms with Gasteiger partial charge in [0.25, 0.3) is 0 Å². The Morgan fingerprint density at radius 1 is 1.22 bits per heavy atom. The van der Waals surface area contributed by atoms with Gasteiger partial charge in [0.15, 0.2) is 0 Å². The first-order valence-corrected chi connectivity index (χ1v) is 7.05. The van der Waals surface area contributed by atoms with Crippen LogP contribution in [-0.4, -0.2) is 23.7 Å². The molecule has 0 amide bonds.